The number of rotatable bonds is 3. The van der Waals surface area contributed by atoms with Gasteiger partial charge in [0.05, 0.1) is 14.7 Å². The van der Waals surface area contributed by atoms with Crippen LogP contribution in [0.5, 0.6) is 0 Å². The van der Waals surface area contributed by atoms with E-state index in [9.17, 15) is 16.8 Å². The van der Waals surface area contributed by atoms with Crippen molar-refractivity contribution < 1.29 is 16.8 Å². The first-order chi connectivity index (χ1) is 8.82. The van der Waals surface area contributed by atoms with Gasteiger partial charge in [-0.25, -0.2) is 16.8 Å². The molecule has 0 radical (unpaired) electrons. The van der Waals surface area contributed by atoms with E-state index in [2.05, 4.69) is 0 Å². The number of halogens is 1. The van der Waals surface area contributed by atoms with E-state index in [-0.39, 0.29) is 14.7 Å². The molecule has 7 heteroatoms. The Morgan fingerprint density at radius 1 is 0.632 bits per heavy atom. The van der Waals surface area contributed by atoms with Gasteiger partial charge in [0, 0.05) is 10.7 Å². The van der Waals surface area contributed by atoms with Crippen molar-refractivity contribution in [2.24, 2.45) is 0 Å². The summed E-state index contributed by atoms with van der Waals surface area (Å²) in [6.45, 7) is 0. The van der Waals surface area contributed by atoms with Gasteiger partial charge in [0.1, 0.15) is 0 Å². The second-order valence-corrected chi connectivity index (χ2v) is 8.24. The zero-order valence-corrected chi connectivity index (χ0v) is 11.9. The van der Waals surface area contributed by atoms with Gasteiger partial charge < -0.3 is 0 Å². The SMILES string of the molecule is O=S(=O)(Cl)c1ccc(S(=O)(=O)c2ccccc2)cc1. The molecule has 0 unspecified atom stereocenters. The van der Waals surface area contributed by atoms with Crippen LogP contribution >= 0.6 is 10.7 Å². The van der Waals surface area contributed by atoms with Crippen molar-refractivity contribution in [3.8, 4) is 0 Å². The van der Waals surface area contributed by atoms with E-state index in [0.29, 0.717) is 0 Å². The van der Waals surface area contributed by atoms with Crippen molar-refractivity contribution in [2.45, 2.75) is 14.7 Å². The lowest BCUT2D eigenvalue weighted by atomic mass is 10.4. The summed E-state index contributed by atoms with van der Waals surface area (Å²) in [6.07, 6.45) is 0. The predicted octanol–water partition coefficient (Wildman–Crippen LogP) is 2.45. The number of hydrogen-bond donors (Lipinski definition) is 0. The summed E-state index contributed by atoms with van der Waals surface area (Å²) in [4.78, 5) is 0.0282. The average Bonchev–Trinajstić information content (AvgIpc) is 2.39. The Bertz CT molecular complexity index is 779. The fourth-order valence-corrected chi connectivity index (χ4v) is 3.57. The summed E-state index contributed by atoms with van der Waals surface area (Å²) in [7, 11) is -2.33. The Hall–Kier alpha value is -1.37. The van der Waals surface area contributed by atoms with E-state index >= 15 is 0 Å². The summed E-state index contributed by atoms with van der Waals surface area (Å²) < 4.78 is 46.6. The molecule has 0 saturated heterocycles. The Balaban J connectivity index is 2.49. The molecule has 2 aromatic carbocycles. The quantitative estimate of drug-likeness (QED) is 0.816. The Labute approximate surface area is 116 Å². The van der Waals surface area contributed by atoms with Gasteiger partial charge in [0.15, 0.2) is 0 Å². The lowest BCUT2D eigenvalue weighted by Crippen LogP contribution is -2.02. The van der Waals surface area contributed by atoms with Crippen LogP contribution in [0, 0.1) is 0 Å². The van der Waals surface area contributed by atoms with Crippen LogP contribution in [0.25, 0.3) is 0 Å². The van der Waals surface area contributed by atoms with E-state index in [1.807, 2.05) is 0 Å². The Kier molecular flexibility index (Phi) is 3.66. The summed E-state index contributed by atoms with van der Waals surface area (Å²) in [5.41, 5.74) is 0. The molecule has 0 atom stereocenters. The minimum atomic E-state index is -3.85. The third-order valence-electron chi connectivity index (χ3n) is 2.47. The fraction of sp³-hybridized carbons (Fsp3) is 0. The van der Waals surface area contributed by atoms with Crippen LogP contribution in [-0.2, 0) is 18.9 Å². The predicted molar refractivity (Wildman–Crippen MR) is 71.4 cm³/mol. The van der Waals surface area contributed by atoms with Crippen LogP contribution in [-0.4, -0.2) is 16.8 Å². The second-order valence-electron chi connectivity index (χ2n) is 3.73. The van der Waals surface area contributed by atoms with Crippen molar-refractivity contribution in [1.82, 2.24) is 0 Å². The molecular weight excluding hydrogens is 308 g/mol. The minimum Gasteiger partial charge on any atom is -0.219 e. The third-order valence-corrected chi connectivity index (χ3v) is 5.62. The number of hydrogen-bond acceptors (Lipinski definition) is 4. The molecule has 0 saturated carbocycles. The zero-order valence-electron chi connectivity index (χ0n) is 9.52. The normalized spacial score (nSPS) is 12.3. The smallest absolute Gasteiger partial charge is 0.219 e. The molecule has 100 valence electrons. The maximum absolute atomic E-state index is 12.2. The molecule has 0 aliphatic rings. The Morgan fingerprint density at radius 2 is 1.05 bits per heavy atom. The topological polar surface area (TPSA) is 68.3 Å². The molecule has 0 aliphatic carbocycles. The highest BCUT2D eigenvalue weighted by atomic mass is 35.7. The molecule has 0 spiro atoms. The van der Waals surface area contributed by atoms with Gasteiger partial charge in [-0.15, -0.1) is 0 Å². The maximum Gasteiger partial charge on any atom is 0.261 e. The van der Waals surface area contributed by atoms with Crippen molar-refractivity contribution in [2.75, 3.05) is 0 Å². The second kappa shape index (κ2) is 4.96. The number of benzene rings is 2. The van der Waals surface area contributed by atoms with E-state index in [1.165, 1.54) is 24.3 Å². The standard InChI is InChI=1S/C12H9ClO4S2/c13-19(16,17)12-8-6-11(7-9-12)18(14,15)10-4-2-1-3-5-10/h1-9H. The molecule has 0 fully saturated rings. The van der Waals surface area contributed by atoms with E-state index < -0.39 is 18.9 Å². The van der Waals surface area contributed by atoms with Crippen molar-refractivity contribution in [1.29, 1.82) is 0 Å². The first-order valence-electron chi connectivity index (χ1n) is 5.17. The van der Waals surface area contributed by atoms with E-state index in [4.69, 9.17) is 10.7 Å². The lowest BCUT2D eigenvalue weighted by Gasteiger charge is -2.04. The molecule has 0 N–H and O–H groups in total. The van der Waals surface area contributed by atoms with E-state index in [0.717, 1.165) is 12.1 Å². The molecule has 0 aliphatic heterocycles. The summed E-state index contributed by atoms with van der Waals surface area (Å²) in [5, 5.41) is 0. The first kappa shape index (κ1) is 14.0. The minimum absolute atomic E-state index is 0.0165. The lowest BCUT2D eigenvalue weighted by molar-refractivity contribution is 0.595. The highest BCUT2D eigenvalue weighted by Gasteiger charge is 2.18. The van der Waals surface area contributed by atoms with Crippen LogP contribution < -0.4 is 0 Å². The molecule has 0 amide bonds. The van der Waals surface area contributed by atoms with Gasteiger partial charge in [0.2, 0.25) is 9.84 Å². The van der Waals surface area contributed by atoms with Crippen LogP contribution in [0.15, 0.2) is 69.3 Å². The van der Waals surface area contributed by atoms with Crippen LogP contribution in [0.2, 0.25) is 0 Å². The largest absolute Gasteiger partial charge is 0.261 e. The molecule has 0 bridgehead atoms. The maximum atomic E-state index is 12.2. The molecule has 19 heavy (non-hydrogen) atoms. The molecule has 2 rings (SSSR count). The molecule has 0 aromatic heterocycles. The van der Waals surface area contributed by atoms with Gasteiger partial charge in [-0.05, 0) is 36.4 Å². The summed E-state index contributed by atoms with van der Waals surface area (Å²) in [6, 6.07) is 12.7. The molecule has 2 aromatic rings. The monoisotopic (exact) mass is 316 g/mol. The highest BCUT2D eigenvalue weighted by Crippen LogP contribution is 2.23. The van der Waals surface area contributed by atoms with Crippen LogP contribution in [0.3, 0.4) is 0 Å². The van der Waals surface area contributed by atoms with Crippen molar-refractivity contribution in [3.63, 3.8) is 0 Å². The van der Waals surface area contributed by atoms with Crippen molar-refractivity contribution in [3.05, 3.63) is 54.6 Å². The zero-order chi connectivity index (χ0) is 14.1. The first-order valence-corrected chi connectivity index (χ1v) is 8.96. The molecule has 4 nitrogen and oxygen atoms in total. The van der Waals surface area contributed by atoms with E-state index in [1.54, 1.807) is 18.2 Å². The van der Waals surface area contributed by atoms with Crippen LogP contribution in [0.1, 0.15) is 0 Å². The van der Waals surface area contributed by atoms with Crippen LogP contribution in [0.4, 0.5) is 0 Å². The van der Waals surface area contributed by atoms with Gasteiger partial charge in [-0.3, -0.25) is 0 Å². The fourth-order valence-electron chi connectivity index (χ4n) is 1.52. The molecule has 0 heterocycles. The van der Waals surface area contributed by atoms with Gasteiger partial charge in [0.25, 0.3) is 9.05 Å². The summed E-state index contributed by atoms with van der Waals surface area (Å²) in [5.74, 6) is 0. The molecular formula is C12H9ClO4S2. The van der Waals surface area contributed by atoms with Crippen molar-refractivity contribution >= 4 is 29.6 Å². The average molecular weight is 317 g/mol. The van der Waals surface area contributed by atoms with Gasteiger partial charge in [-0.2, -0.15) is 0 Å². The third kappa shape index (κ3) is 2.97. The van der Waals surface area contributed by atoms with Gasteiger partial charge >= 0.3 is 0 Å². The Morgan fingerprint density at radius 3 is 1.53 bits per heavy atom. The summed E-state index contributed by atoms with van der Waals surface area (Å²) >= 11 is 0. The van der Waals surface area contributed by atoms with Gasteiger partial charge in [-0.1, -0.05) is 18.2 Å². The number of sulfone groups is 1. The highest BCUT2D eigenvalue weighted by molar-refractivity contribution is 8.13.